The minimum atomic E-state index is -0.142. The van der Waals surface area contributed by atoms with Crippen LogP contribution < -0.4 is 5.32 Å². The van der Waals surface area contributed by atoms with Gasteiger partial charge in [-0.3, -0.25) is 14.8 Å². The molecular weight excluding hydrogens is 274 g/mol. The van der Waals surface area contributed by atoms with Crippen molar-refractivity contribution in [1.82, 2.24) is 15.3 Å². The first-order valence-electron chi connectivity index (χ1n) is 7.49. The number of hydrogen-bond donors (Lipinski definition) is 1. The zero-order valence-corrected chi connectivity index (χ0v) is 13.6. The Morgan fingerprint density at radius 3 is 2.55 bits per heavy atom. The number of hydrogen-bond acceptors (Lipinski definition) is 3. The highest BCUT2D eigenvalue weighted by Gasteiger charge is 2.23. The molecule has 116 valence electrons. The van der Waals surface area contributed by atoms with Crippen molar-refractivity contribution in [2.45, 2.75) is 40.2 Å². The fraction of sp³-hybridized carbons (Fsp3) is 0.389. The zero-order chi connectivity index (χ0) is 16.2. The summed E-state index contributed by atoms with van der Waals surface area (Å²) in [4.78, 5) is 20.9. The van der Waals surface area contributed by atoms with Crippen LogP contribution in [0.5, 0.6) is 0 Å². The van der Waals surface area contributed by atoms with E-state index in [0.717, 1.165) is 17.5 Å². The molecule has 0 saturated heterocycles. The fourth-order valence-corrected chi connectivity index (χ4v) is 2.40. The van der Waals surface area contributed by atoms with Gasteiger partial charge in [-0.15, -0.1) is 0 Å². The quantitative estimate of drug-likeness (QED) is 0.936. The molecule has 4 heteroatoms. The Morgan fingerprint density at radius 2 is 1.95 bits per heavy atom. The summed E-state index contributed by atoms with van der Waals surface area (Å²) in [6.45, 7) is 8.38. The van der Waals surface area contributed by atoms with Crippen molar-refractivity contribution in [3.63, 3.8) is 0 Å². The number of aromatic nitrogens is 2. The summed E-state index contributed by atoms with van der Waals surface area (Å²) >= 11 is 0. The lowest BCUT2D eigenvalue weighted by molar-refractivity contribution is 0.0920. The third-order valence-electron chi connectivity index (χ3n) is 3.43. The molecule has 1 amide bonds. The van der Waals surface area contributed by atoms with E-state index in [-0.39, 0.29) is 17.4 Å². The van der Waals surface area contributed by atoms with Gasteiger partial charge in [-0.2, -0.15) is 0 Å². The number of pyridine rings is 2. The SMILES string of the molecule is Cc1cccnc1C(=O)N[C@H](CC(C)(C)C)c1cccnc1. The maximum Gasteiger partial charge on any atom is 0.270 e. The standard InChI is InChI=1S/C18H23N3O/c1-13-7-5-10-20-16(13)17(22)21-15(11-18(2,3)4)14-8-6-9-19-12-14/h5-10,12,15H,11H2,1-4H3,(H,21,22)/t15-/m1/s1. The Morgan fingerprint density at radius 1 is 1.23 bits per heavy atom. The van der Waals surface area contributed by atoms with E-state index >= 15 is 0 Å². The Hall–Kier alpha value is -2.23. The molecule has 2 rings (SSSR count). The van der Waals surface area contributed by atoms with E-state index in [1.54, 1.807) is 12.4 Å². The van der Waals surface area contributed by atoms with Crippen LogP contribution in [0, 0.1) is 12.3 Å². The summed E-state index contributed by atoms with van der Waals surface area (Å²) in [6.07, 6.45) is 6.02. The molecule has 0 fully saturated rings. The zero-order valence-electron chi connectivity index (χ0n) is 13.6. The summed E-state index contributed by atoms with van der Waals surface area (Å²) in [6, 6.07) is 7.53. The molecule has 0 aliphatic rings. The topological polar surface area (TPSA) is 54.9 Å². The molecule has 22 heavy (non-hydrogen) atoms. The number of nitrogens with zero attached hydrogens (tertiary/aromatic N) is 2. The third kappa shape index (κ3) is 4.38. The van der Waals surface area contributed by atoms with Crippen molar-refractivity contribution in [3.05, 3.63) is 59.7 Å². The van der Waals surface area contributed by atoms with Crippen LogP contribution in [0.3, 0.4) is 0 Å². The Kier molecular flexibility index (Phi) is 4.91. The Balaban J connectivity index is 2.23. The highest BCUT2D eigenvalue weighted by atomic mass is 16.1. The van der Waals surface area contributed by atoms with Crippen LogP contribution in [0.1, 0.15) is 54.8 Å². The lowest BCUT2D eigenvalue weighted by Crippen LogP contribution is -2.32. The van der Waals surface area contributed by atoms with Gasteiger partial charge in [-0.05, 0) is 42.0 Å². The molecule has 1 atom stereocenters. The first kappa shape index (κ1) is 16.1. The molecule has 4 nitrogen and oxygen atoms in total. The van der Waals surface area contributed by atoms with Crippen LogP contribution in [0.4, 0.5) is 0 Å². The molecule has 0 unspecified atom stereocenters. The predicted molar refractivity (Wildman–Crippen MR) is 87.5 cm³/mol. The van der Waals surface area contributed by atoms with Crippen molar-refractivity contribution in [3.8, 4) is 0 Å². The van der Waals surface area contributed by atoms with Crippen LogP contribution in [0.15, 0.2) is 42.9 Å². The molecule has 2 aromatic rings. The van der Waals surface area contributed by atoms with Gasteiger partial charge >= 0.3 is 0 Å². The monoisotopic (exact) mass is 297 g/mol. The molecule has 0 spiro atoms. The van der Waals surface area contributed by atoms with E-state index in [4.69, 9.17) is 0 Å². The first-order chi connectivity index (χ1) is 10.4. The van der Waals surface area contributed by atoms with E-state index in [1.165, 1.54) is 0 Å². The number of aryl methyl sites for hydroxylation is 1. The summed E-state index contributed by atoms with van der Waals surface area (Å²) < 4.78 is 0. The van der Waals surface area contributed by atoms with E-state index in [2.05, 4.69) is 36.1 Å². The lowest BCUT2D eigenvalue weighted by atomic mass is 9.85. The van der Waals surface area contributed by atoms with Crippen molar-refractivity contribution in [2.24, 2.45) is 5.41 Å². The molecule has 0 aromatic carbocycles. The molecule has 2 heterocycles. The van der Waals surface area contributed by atoms with Gasteiger partial charge < -0.3 is 5.32 Å². The molecule has 1 N–H and O–H groups in total. The van der Waals surface area contributed by atoms with Gasteiger partial charge in [0.25, 0.3) is 5.91 Å². The Bertz CT molecular complexity index is 632. The van der Waals surface area contributed by atoms with Crippen LogP contribution in [-0.2, 0) is 0 Å². The minimum Gasteiger partial charge on any atom is -0.344 e. The maximum absolute atomic E-state index is 12.5. The van der Waals surface area contributed by atoms with Gasteiger partial charge in [-0.25, -0.2) is 0 Å². The van der Waals surface area contributed by atoms with Gasteiger partial charge in [0.15, 0.2) is 0 Å². The summed E-state index contributed by atoms with van der Waals surface area (Å²) in [5, 5.41) is 3.11. The van der Waals surface area contributed by atoms with Crippen molar-refractivity contribution < 1.29 is 4.79 Å². The number of rotatable bonds is 4. The van der Waals surface area contributed by atoms with E-state index < -0.39 is 0 Å². The van der Waals surface area contributed by atoms with Gasteiger partial charge in [0, 0.05) is 18.6 Å². The number of carbonyl (C=O) groups excluding carboxylic acids is 1. The van der Waals surface area contributed by atoms with E-state index in [1.807, 2.05) is 37.4 Å². The van der Waals surface area contributed by atoms with Crippen molar-refractivity contribution in [1.29, 1.82) is 0 Å². The van der Waals surface area contributed by atoms with E-state index in [0.29, 0.717) is 5.69 Å². The second-order valence-corrected chi connectivity index (χ2v) is 6.75. The smallest absolute Gasteiger partial charge is 0.270 e. The second kappa shape index (κ2) is 6.69. The largest absolute Gasteiger partial charge is 0.344 e. The number of nitrogens with one attached hydrogen (secondary N) is 1. The first-order valence-corrected chi connectivity index (χ1v) is 7.49. The molecule has 0 saturated carbocycles. The summed E-state index contributed by atoms with van der Waals surface area (Å²) in [7, 11) is 0. The second-order valence-electron chi connectivity index (χ2n) is 6.75. The van der Waals surface area contributed by atoms with Gasteiger partial charge in [0.2, 0.25) is 0 Å². The molecular formula is C18H23N3O. The van der Waals surface area contributed by atoms with Crippen molar-refractivity contribution in [2.75, 3.05) is 0 Å². The average molecular weight is 297 g/mol. The molecule has 2 aromatic heterocycles. The van der Waals surface area contributed by atoms with E-state index in [9.17, 15) is 4.79 Å². The molecule has 0 aliphatic heterocycles. The normalized spacial score (nSPS) is 12.7. The van der Waals surface area contributed by atoms with Crippen molar-refractivity contribution >= 4 is 5.91 Å². The third-order valence-corrected chi connectivity index (χ3v) is 3.43. The van der Waals surface area contributed by atoms with Crippen LogP contribution in [0.25, 0.3) is 0 Å². The molecule has 0 radical (unpaired) electrons. The Labute approximate surface area is 132 Å². The highest BCUT2D eigenvalue weighted by molar-refractivity contribution is 5.93. The maximum atomic E-state index is 12.5. The molecule has 0 aliphatic carbocycles. The summed E-state index contributed by atoms with van der Waals surface area (Å²) in [5.41, 5.74) is 2.46. The lowest BCUT2D eigenvalue weighted by Gasteiger charge is -2.27. The number of amides is 1. The van der Waals surface area contributed by atoms with Crippen LogP contribution >= 0.6 is 0 Å². The van der Waals surface area contributed by atoms with Gasteiger partial charge in [0.05, 0.1) is 6.04 Å². The van der Waals surface area contributed by atoms with Gasteiger partial charge in [-0.1, -0.05) is 32.9 Å². The van der Waals surface area contributed by atoms with Crippen LogP contribution in [-0.4, -0.2) is 15.9 Å². The highest BCUT2D eigenvalue weighted by Crippen LogP contribution is 2.29. The summed E-state index contributed by atoms with van der Waals surface area (Å²) in [5.74, 6) is -0.142. The predicted octanol–water partition coefficient (Wildman–Crippen LogP) is 3.69. The van der Waals surface area contributed by atoms with Crippen LogP contribution in [0.2, 0.25) is 0 Å². The minimum absolute atomic E-state index is 0.0809. The molecule has 0 bridgehead atoms. The fourth-order valence-electron chi connectivity index (χ4n) is 2.40. The van der Waals surface area contributed by atoms with Gasteiger partial charge in [0.1, 0.15) is 5.69 Å². The average Bonchev–Trinajstić information content (AvgIpc) is 2.46. The number of carbonyl (C=O) groups is 1.